The van der Waals surface area contributed by atoms with Crippen LogP contribution in [-0.4, -0.2) is 28.5 Å². The molecule has 2 aromatic carbocycles. The average Bonchev–Trinajstić information content (AvgIpc) is 2.95. The number of benzene rings is 2. The number of esters is 1. The molecule has 1 N–H and O–H groups in total. The summed E-state index contributed by atoms with van der Waals surface area (Å²) in [5, 5.41) is 12.8. The zero-order valence-electron chi connectivity index (χ0n) is 13.5. The number of fused-ring (bicyclic) bond motifs is 1. The lowest BCUT2D eigenvalue weighted by Crippen LogP contribution is -2.13. The number of thioether (sulfide) groups is 1. The molecule has 0 unspecified atom stereocenters. The van der Waals surface area contributed by atoms with Crippen LogP contribution in [0.2, 0.25) is 0 Å². The lowest BCUT2D eigenvalue weighted by molar-refractivity contribution is -0.138. The van der Waals surface area contributed by atoms with Gasteiger partial charge in [-0.3, -0.25) is 0 Å². The maximum absolute atomic E-state index is 12.2. The van der Waals surface area contributed by atoms with E-state index in [4.69, 9.17) is 4.74 Å². The fourth-order valence-electron chi connectivity index (χ4n) is 2.44. The lowest BCUT2D eigenvalue weighted by atomic mass is 10.1. The van der Waals surface area contributed by atoms with E-state index in [9.17, 15) is 9.90 Å². The van der Waals surface area contributed by atoms with Crippen molar-refractivity contribution < 1.29 is 14.6 Å². The minimum atomic E-state index is -0.495. The molecule has 5 heteroatoms. The summed E-state index contributed by atoms with van der Waals surface area (Å²) in [6.45, 7) is 2.39. The standard InChI is InChI=1S/C19H19NO3S/c1-2-3-10-23-19(22)17-16(21)12-24-18(17)20-15-9-8-13-6-4-5-7-14(13)11-15/h4-9,11,21H,2-3,10,12H2,1H3. The molecule has 4 nitrogen and oxygen atoms in total. The average molecular weight is 341 g/mol. The maximum Gasteiger partial charge on any atom is 0.344 e. The highest BCUT2D eigenvalue weighted by molar-refractivity contribution is 8.15. The number of aliphatic imine (C=N–C) groups is 1. The van der Waals surface area contributed by atoms with Crippen molar-refractivity contribution in [3.8, 4) is 0 Å². The van der Waals surface area contributed by atoms with Gasteiger partial charge in [0.2, 0.25) is 0 Å². The molecule has 0 aliphatic carbocycles. The molecule has 0 atom stereocenters. The zero-order chi connectivity index (χ0) is 16.9. The van der Waals surface area contributed by atoms with E-state index >= 15 is 0 Å². The van der Waals surface area contributed by atoms with Gasteiger partial charge in [0.05, 0.1) is 18.0 Å². The first-order chi connectivity index (χ1) is 11.7. The molecule has 24 heavy (non-hydrogen) atoms. The molecule has 1 aliphatic heterocycles. The summed E-state index contributed by atoms with van der Waals surface area (Å²) >= 11 is 1.35. The molecule has 0 saturated carbocycles. The molecule has 0 aromatic heterocycles. The second-order valence-electron chi connectivity index (χ2n) is 5.55. The maximum atomic E-state index is 12.2. The van der Waals surface area contributed by atoms with E-state index < -0.39 is 5.97 Å². The molecule has 0 radical (unpaired) electrons. The molecule has 0 spiro atoms. The van der Waals surface area contributed by atoms with Gasteiger partial charge in [0, 0.05) is 0 Å². The summed E-state index contributed by atoms with van der Waals surface area (Å²) in [5.41, 5.74) is 0.953. The first-order valence-electron chi connectivity index (χ1n) is 7.99. The monoisotopic (exact) mass is 341 g/mol. The Hall–Kier alpha value is -2.27. The Labute approximate surface area is 145 Å². The second-order valence-corrected chi connectivity index (χ2v) is 6.51. The van der Waals surface area contributed by atoms with E-state index in [-0.39, 0.29) is 11.3 Å². The van der Waals surface area contributed by atoms with Crippen molar-refractivity contribution in [3.05, 3.63) is 53.8 Å². The fourth-order valence-corrected chi connectivity index (χ4v) is 3.38. The van der Waals surface area contributed by atoms with Crippen molar-refractivity contribution in [2.24, 2.45) is 4.99 Å². The molecule has 0 fully saturated rings. The smallest absolute Gasteiger partial charge is 0.344 e. The molecule has 0 amide bonds. The summed E-state index contributed by atoms with van der Waals surface area (Å²) in [4.78, 5) is 16.8. The fraction of sp³-hybridized carbons (Fsp3) is 0.263. The van der Waals surface area contributed by atoms with E-state index in [1.807, 2.05) is 49.4 Å². The van der Waals surface area contributed by atoms with E-state index in [1.165, 1.54) is 11.8 Å². The normalized spacial score (nSPS) is 16.1. The highest BCUT2D eigenvalue weighted by Crippen LogP contribution is 2.31. The van der Waals surface area contributed by atoms with Gasteiger partial charge in [0.25, 0.3) is 0 Å². The Balaban J connectivity index is 1.86. The van der Waals surface area contributed by atoms with Gasteiger partial charge in [-0.05, 0) is 29.3 Å². The van der Waals surface area contributed by atoms with E-state index in [2.05, 4.69) is 4.99 Å². The number of carbonyl (C=O) groups is 1. The number of carbonyl (C=O) groups excluding carboxylic acids is 1. The number of hydrogen-bond donors (Lipinski definition) is 1. The Kier molecular flexibility index (Phi) is 5.20. The lowest BCUT2D eigenvalue weighted by Gasteiger charge is -2.06. The Morgan fingerprint density at radius 2 is 2.04 bits per heavy atom. The zero-order valence-corrected chi connectivity index (χ0v) is 14.3. The van der Waals surface area contributed by atoms with Crippen LogP contribution in [0.15, 0.2) is 58.8 Å². The van der Waals surface area contributed by atoms with Gasteiger partial charge in [-0.2, -0.15) is 0 Å². The minimum Gasteiger partial charge on any atom is -0.510 e. The number of aliphatic hydroxyl groups excluding tert-OH is 1. The number of rotatable bonds is 5. The molecule has 3 rings (SSSR count). The quantitative estimate of drug-likeness (QED) is 0.628. The summed E-state index contributed by atoms with van der Waals surface area (Å²) < 4.78 is 5.22. The number of hydrogen-bond acceptors (Lipinski definition) is 5. The topological polar surface area (TPSA) is 58.9 Å². The number of ether oxygens (including phenoxy) is 1. The van der Waals surface area contributed by atoms with Crippen molar-refractivity contribution in [2.75, 3.05) is 12.4 Å². The molecule has 0 saturated heterocycles. The molecule has 0 bridgehead atoms. The third-order valence-corrected chi connectivity index (χ3v) is 4.73. The van der Waals surface area contributed by atoms with Gasteiger partial charge in [0.1, 0.15) is 16.4 Å². The van der Waals surface area contributed by atoms with Crippen LogP contribution in [0.4, 0.5) is 5.69 Å². The molecular weight excluding hydrogens is 322 g/mol. The van der Waals surface area contributed by atoms with Crippen LogP contribution in [0.5, 0.6) is 0 Å². The van der Waals surface area contributed by atoms with Crippen LogP contribution >= 0.6 is 11.8 Å². The Morgan fingerprint density at radius 1 is 1.25 bits per heavy atom. The summed E-state index contributed by atoms with van der Waals surface area (Å²) in [7, 11) is 0. The van der Waals surface area contributed by atoms with Crippen molar-refractivity contribution in [1.29, 1.82) is 0 Å². The highest BCUT2D eigenvalue weighted by Gasteiger charge is 2.29. The van der Waals surface area contributed by atoms with Gasteiger partial charge < -0.3 is 9.84 Å². The second kappa shape index (κ2) is 7.53. The first-order valence-corrected chi connectivity index (χ1v) is 8.97. The Morgan fingerprint density at radius 3 is 2.83 bits per heavy atom. The number of unbranched alkanes of at least 4 members (excludes halogenated alkanes) is 1. The van der Waals surface area contributed by atoms with Crippen molar-refractivity contribution in [3.63, 3.8) is 0 Å². The predicted molar refractivity (Wildman–Crippen MR) is 99.0 cm³/mol. The third kappa shape index (κ3) is 3.62. The third-order valence-electron chi connectivity index (χ3n) is 3.75. The first kappa shape index (κ1) is 16.6. The van der Waals surface area contributed by atoms with Crippen molar-refractivity contribution >= 4 is 39.2 Å². The van der Waals surface area contributed by atoms with Crippen molar-refractivity contribution in [1.82, 2.24) is 0 Å². The van der Waals surface area contributed by atoms with Crippen molar-refractivity contribution in [2.45, 2.75) is 19.8 Å². The summed E-state index contributed by atoms with van der Waals surface area (Å²) in [6, 6.07) is 13.9. The molecule has 124 valence electrons. The van der Waals surface area contributed by atoms with E-state index in [0.29, 0.717) is 17.4 Å². The Bertz CT molecular complexity index is 826. The minimum absolute atomic E-state index is 0.0426. The SMILES string of the molecule is CCCCOC(=O)C1=C(O)CSC1=Nc1ccc2ccccc2c1. The predicted octanol–water partition coefficient (Wildman–Crippen LogP) is 4.77. The van der Waals surface area contributed by atoms with Gasteiger partial charge in [0.15, 0.2) is 0 Å². The molecular formula is C19H19NO3S. The number of nitrogens with zero attached hydrogens (tertiary/aromatic N) is 1. The van der Waals surface area contributed by atoms with Gasteiger partial charge in [-0.15, -0.1) is 0 Å². The molecule has 1 aliphatic rings. The highest BCUT2D eigenvalue weighted by atomic mass is 32.2. The van der Waals surface area contributed by atoms with E-state index in [1.54, 1.807) is 0 Å². The van der Waals surface area contributed by atoms with Gasteiger partial charge in [-0.25, -0.2) is 9.79 Å². The van der Waals surface area contributed by atoms with Crippen LogP contribution in [0.25, 0.3) is 10.8 Å². The molecule has 1 heterocycles. The van der Waals surface area contributed by atoms with Crippen LogP contribution < -0.4 is 0 Å². The van der Waals surface area contributed by atoms with Gasteiger partial charge in [-0.1, -0.05) is 55.4 Å². The van der Waals surface area contributed by atoms with Gasteiger partial charge >= 0.3 is 5.97 Å². The van der Waals surface area contributed by atoms with Crippen LogP contribution in [-0.2, 0) is 9.53 Å². The summed E-state index contributed by atoms with van der Waals surface area (Å²) in [5.74, 6) is -0.100. The summed E-state index contributed by atoms with van der Waals surface area (Å²) in [6.07, 6.45) is 1.76. The van der Waals surface area contributed by atoms with Crippen LogP contribution in [0, 0.1) is 0 Å². The van der Waals surface area contributed by atoms with Crippen LogP contribution in [0.3, 0.4) is 0 Å². The van der Waals surface area contributed by atoms with E-state index in [0.717, 1.165) is 29.3 Å². The van der Waals surface area contributed by atoms with Crippen LogP contribution in [0.1, 0.15) is 19.8 Å². The number of aliphatic hydroxyl groups is 1. The molecule has 2 aromatic rings. The largest absolute Gasteiger partial charge is 0.510 e.